The van der Waals surface area contributed by atoms with Crippen molar-refractivity contribution in [1.29, 1.82) is 0 Å². The van der Waals surface area contributed by atoms with Crippen molar-refractivity contribution in [2.45, 2.75) is 39.7 Å². The highest BCUT2D eigenvalue weighted by molar-refractivity contribution is 5.80. The average molecular weight is 312 g/mol. The van der Waals surface area contributed by atoms with Crippen LogP contribution in [0.25, 0.3) is 0 Å². The van der Waals surface area contributed by atoms with E-state index < -0.39 is 0 Å². The van der Waals surface area contributed by atoms with Gasteiger partial charge in [0.2, 0.25) is 0 Å². The molecular weight excluding hydrogens is 280 g/mol. The van der Waals surface area contributed by atoms with E-state index in [9.17, 15) is 4.79 Å². The van der Waals surface area contributed by atoms with Crippen LogP contribution in [0.2, 0.25) is 0 Å². The molecule has 0 atom stereocenters. The lowest BCUT2D eigenvalue weighted by molar-refractivity contribution is -0.146. The molecule has 0 aliphatic carbocycles. The first-order valence-corrected chi connectivity index (χ1v) is 8.30. The minimum atomic E-state index is -0.0851. The maximum Gasteiger partial charge on any atom is 0.308 e. The number of ether oxygens (including phenoxy) is 1. The van der Waals surface area contributed by atoms with Crippen LogP contribution in [-0.2, 0) is 9.53 Å². The summed E-state index contributed by atoms with van der Waals surface area (Å²) >= 11 is 0. The second-order valence-electron chi connectivity index (χ2n) is 5.98. The highest BCUT2D eigenvalue weighted by Gasteiger charge is 2.26. The molecule has 0 bridgehead atoms. The second-order valence-corrected chi connectivity index (χ2v) is 5.98. The van der Waals surface area contributed by atoms with Gasteiger partial charge in [0, 0.05) is 39.3 Å². The Kier molecular flexibility index (Phi) is 8.24. The molecule has 1 rings (SSSR count). The minimum Gasteiger partial charge on any atom is -0.469 e. The molecule has 0 aromatic rings. The van der Waals surface area contributed by atoms with Gasteiger partial charge in [-0.3, -0.25) is 14.7 Å². The van der Waals surface area contributed by atoms with E-state index in [2.05, 4.69) is 40.9 Å². The van der Waals surface area contributed by atoms with Gasteiger partial charge in [-0.15, -0.1) is 0 Å². The number of nitrogens with zero attached hydrogens (tertiary/aromatic N) is 3. The van der Waals surface area contributed by atoms with E-state index in [-0.39, 0.29) is 11.9 Å². The van der Waals surface area contributed by atoms with Gasteiger partial charge in [0.25, 0.3) is 0 Å². The summed E-state index contributed by atoms with van der Waals surface area (Å²) in [5.74, 6) is 0.886. The van der Waals surface area contributed by atoms with Crippen LogP contribution in [0.4, 0.5) is 0 Å². The van der Waals surface area contributed by atoms with Crippen LogP contribution in [0.3, 0.4) is 0 Å². The largest absolute Gasteiger partial charge is 0.469 e. The summed E-state index contributed by atoms with van der Waals surface area (Å²) in [6, 6.07) is 0.560. The Morgan fingerprint density at radius 2 is 2.05 bits per heavy atom. The number of piperidine rings is 1. The summed E-state index contributed by atoms with van der Waals surface area (Å²) in [7, 11) is 3.28. The smallest absolute Gasteiger partial charge is 0.308 e. The number of methoxy groups -OCH3 is 1. The third-order valence-electron chi connectivity index (χ3n) is 4.36. The molecule has 6 heteroatoms. The van der Waals surface area contributed by atoms with Gasteiger partial charge in [-0.1, -0.05) is 6.92 Å². The van der Waals surface area contributed by atoms with E-state index in [1.165, 1.54) is 7.11 Å². The van der Waals surface area contributed by atoms with E-state index in [4.69, 9.17) is 4.74 Å². The maximum absolute atomic E-state index is 11.6. The Morgan fingerprint density at radius 1 is 1.41 bits per heavy atom. The Hall–Kier alpha value is -1.30. The summed E-state index contributed by atoms with van der Waals surface area (Å²) in [6.45, 7) is 11.3. The first-order valence-electron chi connectivity index (χ1n) is 8.30. The van der Waals surface area contributed by atoms with E-state index in [1.807, 2.05) is 7.05 Å². The Labute approximate surface area is 134 Å². The maximum atomic E-state index is 11.6. The molecule has 0 saturated carbocycles. The number of nitrogens with one attached hydrogen (secondary N) is 1. The summed E-state index contributed by atoms with van der Waals surface area (Å²) < 4.78 is 4.83. The van der Waals surface area contributed by atoms with E-state index >= 15 is 0 Å². The van der Waals surface area contributed by atoms with E-state index in [0.717, 1.165) is 51.5 Å². The molecular formula is C16H32N4O2. The van der Waals surface area contributed by atoms with Gasteiger partial charge in [-0.25, -0.2) is 0 Å². The normalized spacial score (nSPS) is 17.2. The fourth-order valence-electron chi connectivity index (χ4n) is 2.92. The van der Waals surface area contributed by atoms with Crippen molar-refractivity contribution in [1.82, 2.24) is 15.1 Å². The van der Waals surface area contributed by atoms with Gasteiger partial charge < -0.3 is 15.0 Å². The predicted molar refractivity (Wildman–Crippen MR) is 90.1 cm³/mol. The summed E-state index contributed by atoms with van der Waals surface area (Å²) in [4.78, 5) is 20.6. The lowest BCUT2D eigenvalue weighted by Crippen LogP contribution is -2.48. The van der Waals surface area contributed by atoms with Crippen LogP contribution < -0.4 is 5.32 Å². The number of carbonyl (C=O) groups is 1. The molecule has 1 heterocycles. The topological polar surface area (TPSA) is 57.2 Å². The number of carbonyl (C=O) groups excluding carboxylic acids is 1. The molecule has 1 N–H and O–H groups in total. The highest BCUT2D eigenvalue weighted by Crippen LogP contribution is 2.18. The number of likely N-dealkylation sites (N-methyl/N-ethyl adjacent to an activating group) is 1. The molecule has 6 nitrogen and oxygen atoms in total. The number of guanidine groups is 1. The monoisotopic (exact) mass is 312 g/mol. The van der Waals surface area contributed by atoms with Gasteiger partial charge in [-0.05, 0) is 33.2 Å². The summed E-state index contributed by atoms with van der Waals surface area (Å²) in [5, 5.41) is 3.43. The molecule has 1 aliphatic heterocycles. The fourth-order valence-corrected chi connectivity index (χ4v) is 2.92. The molecule has 0 spiro atoms. The van der Waals surface area contributed by atoms with Crippen molar-refractivity contribution in [3.05, 3.63) is 0 Å². The van der Waals surface area contributed by atoms with Crippen molar-refractivity contribution >= 4 is 11.9 Å². The van der Waals surface area contributed by atoms with Crippen LogP contribution in [0.15, 0.2) is 4.99 Å². The number of hydrogen-bond acceptors (Lipinski definition) is 4. The molecule has 0 aromatic heterocycles. The predicted octanol–water partition coefficient (Wildman–Crippen LogP) is 1.18. The van der Waals surface area contributed by atoms with Crippen molar-refractivity contribution < 1.29 is 9.53 Å². The number of rotatable bonds is 6. The molecule has 128 valence electrons. The number of aliphatic imine (C=N–C) groups is 1. The van der Waals surface area contributed by atoms with Gasteiger partial charge in [0.15, 0.2) is 5.96 Å². The molecule has 1 aliphatic rings. The molecule has 1 saturated heterocycles. The van der Waals surface area contributed by atoms with Crippen molar-refractivity contribution in [2.75, 3.05) is 46.9 Å². The van der Waals surface area contributed by atoms with Gasteiger partial charge >= 0.3 is 5.97 Å². The first kappa shape index (κ1) is 18.7. The van der Waals surface area contributed by atoms with E-state index in [1.54, 1.807) is 0 Å². The molecule has 0 amide bonds. The van der Waals surface area contributed by atoms with Crippen LogP contribution in [0, 0.1) is 5.92 Å². The SMILES string of the molecule is CCN(CCNC(=NC)N1CCC(C(=O)OC)CC1)C(C)C. The van der Waals surface area contributed by atoms with Crippen LogP contribution in [0.1, 0.15) is 33.6 Å². The van der Waals surface area contributed by atoms with Crippen LogP contribution in [0.5, 0.6) is 0 Å². The fraction of sp³-hybridized carbons (Fsp3) is 0.875. The zero-order chi connectivity index (χ0) is 16.5. The van der Waals surface area contributed by atoms with Crippen molar-refractivity contribution in [2.24, 2.45) is 10.9 Å². The number of esters is 1. The lowest BCUT2D eigenvalue weighted by Gasteiger charge is -2.33. The summed E-state index contributed by atoms with van der Waals surface area (Å²) in [6.07, 6.45) is 1.67. The zero-order valence-corrected chi connectivity index (χ0v) is 14.8. The first-order chi connectivity index (χ1) is 10.5. The Balaban J connectivity index is 2.39. The zero-order valence-electron chi connectivity index (χ0n) is 14.8. The van der Waals surface area contributed by atoms with Crippen LogP contribution in [-0.4, -0.2) is 74.7 Å². The van der Waals surface area contributed by atoms with Gasteiger partial charge in [0.05, 0.1) is 13.0 Å². The molecule has 0 unspecified atom stereocenters. The third kappa shape index (κ3) is 5.48. The molecule has 22 heavy (non-hydrogen) atoms. The number of hydrogen-bond donors (Lipinski definition) is 1. The number of likely N-dealkylation sites (tertiary alicyclic amines) is 1. The average Bonchev–Trinajstić information content (AvgIpc) is 2.54. The van der Waals surface area contributed by atoms with Crippen molar-refractivity contribution in [3.63, 3.8) is 0 Å². The minimum absolute atomic E-state index is 0.0379. The lowest BCUT2D eigenvalue weighted by atomic mass is 9.97. The molecule has 0 aromatic carbocycles. The van der Waals surface area contributed by atoms with Crippen LogP contribution >= 0.6 is 0 Å². The van der Waals surface area contributed by atoms with Gasteiger partial charge in [-0.2, -0.15) is 0 Å². The standard InChI is InChI=1S/C16H32N4O2/c1-6-19(13(2)3)12-9-18-16(17-4)20-10-7-14(8-11-20)15(21)22-5/h13-14H,6-12H2,1-5H3,(H,17,18). The Morgan fingerprint density at radius 3 is 2.50 bits per heavy atom. The Bertz CT molecular complexity index is 363. The summed E-state index contributed by atoms with van der Waals surface area (Å²) in [5.41, 5.74) is 0. The van der Waals surface area contributed by atoms with E-state index in [0.29, 0.717) is 6.04 Å². The van der Waals surface area contributed by atoms with Crippen molar-refractivity contribution in [3.8, 4) is 0 Å². The molecule has 1 fully saturated rings. The molecule has 0 radical (unpaired) electrons. The third-order valence-corrected chi connectivity index (χ3v) is 4.36. The quantitative estimate of drug-likeness (QED) is 0.453. The van der Waals surface area contributed by atoms with Gasteiger partial charge in [0.1, 0.15) is 0 Å². The second kappa shape index (κ2) is 9.66. The highest BCUT2D eigenvalue weighted by atomic mass is 16.5.